The standard InChI is InChI=1S/C17H21N3O5S.ClH/c1-25-17-9-8-15(12-16(17)20(21)22)26(23,24)19(11-5-10-18)13-14-6-3-2-4-7-14;/h2-4,6-9,12H,5,10-11,13,18H2,1H3;1H. The normalized spacial score (nSPS) is 11.1. The van der Waals surface area contributed by atoms with Crippen LogP contribution in [0.4, 0.5) is 5.69 Å². The number of nitro benzene ring substituents is 1. The van der Waals surface area contributed by atoms with Crippen molar-refractivity contribution < 1.29 is 18.1 Å². The van der Waals surface area contributed by atoms with Crippen molar-refractivity contribution in [2.45, 2.75) is 17.9 Å². The Balaban J connectivity index is 0.00000364. The first-order chi connectivity index (χ1) is 12.4. The van der Waals surface area contributed by atoms with E-state index in [0.29, 0.717) is 13.0 Å². The van der Waals surface area contributed by atoms with Gasteiger partial charge in [-0.1, -0.05) is 30.3 Å². The van der Waals surface area contributed by atoms with E-state index in [1.54, 1.807) is 0 Å². The van der Waals surface area contributed by atoms with Crippen molar-refractivity contribution in [3.8, 4) is 5.75 Å². The minimum absolute atomic E-state index is 0. The molecule has 0 fully saturated rings. The van der Waals surface area contributed by atoms with Gasteiger partial charge in [0, 0.05) is 19.2 Å². The van der Waals surface area contributed by atoms with E-state index in [4.69, 9.17) is 10.5 Å². The quantitative estimate of drug-likeness (QED) is 0.497. The summed E-state index contributed by atoms with van der Waals surface area (Å²) in [4.78, 5) is 10.4. The lowest BCUT2D eigenvalue weighted by Crippen LogP contribution is -2.32. The third-order valence-corrected chi connectivity index (χ3v) is 5.64. The van der Waals surface area contributed by atoms with Crippen molar-refractivity contribution in [1.29, 1.82) is 0 Å². The summed E-state index contributed by atoms with van der Waals surface area (Å²) in [6, 6.07) is 12.7. The number of hydrogen-bond donors (Lipinski definition) is 1. The maximum absolute atomic E-state index is 13.0. The van der Waals surface area contributed by atoms with Crippen LogP contribution in [-0.2, 0) is 16.6 Å². The molecule has 0 aromatic heterocycles. The van der Waals surface area contributed by atoms with Crippen LogP contribution < -0.4 is 10.5 Å². The highest BCUT2D eigenvalue weighted by molar-refractivity contribution is 7.89. The van der Waals surface area contributed by atoms with Crippen LogP contribution in [0.1, 0.15) is 12.0 Å². The third-order valence-electron chi connectivity index (χ3n) is 3.80. The molecule has 8 nitrogen and oxygen atoms in total. The van der Waals surface area contributed by atoms with Crippen molar-refractivity contribution in [1.82, 2.24) is 4.31 Å². The first kappa shape index (κ1) is 22.8. The summed E-state index contributed by atoms with van der Waals surface area (Å²) in [7, 11) is -2.64. The predicted octanol–water partition coefficient (Wildman–Crippen LogP) is 2.56. The molecule has 27 heavy (non-hydrogen) atoms. The number of nitrogens with zero attached hydrogens (tertiary/aromatic N) is 2. The van der Waals surface area contributed by atoms with Gasteiger partial charge >= 0.3 is 5.69 Å². The highest BCUT2D eigenvalue weighted by atomic mass is 35.5. The lowest BCUT2D eigenvalue weighted by atomic mass is 10.2. The first-order valence-corrected chi connectivity index (χ1v) is 9.40. The number of nitro groups is 1. The molecule has 0 heterocycles. The monoisotopic (exact) mass is 415 g/mol. The lowest BCUT2D eigenvalue weighted by Gasteiger charge is -2.22. The molecule has 0 spiro atoms. The number of benzene rings is 2. The van der Waals surface area contributed by atoms with Gasteiger partial charge in [-0.25, -0.2) is 8.42 Å². The number of methoxy groups -OCH3 is 1. The second-order valence-corrected chi connectivity index (χ2v) is 7.50. The van der Waals surface area contributed by atoms with E-state index >= 15 is 0 Å². The molecule has 2 aromatic carbocycles. The van der Waals surface area contributed by atoms with E-state index in [1.807, 2.05) is 30.3 Å². The number of ether oxygens (including phenoxy) is 1. The Morgan fingerprint density at radius 3 is 2.41 bits per heavy atom. The van der Waals surface area contributed by atoms with E-state index < -0.39 is 20.6 Å². The maximum Gasteiger partial charge on any atom is 0.312 e. The average molecular weight is 416 g/mol. The molecule has 2 rings (SSSR count). The SMILES string of the molecule is COc1ccc(S(=O)(=O)N(CCCN)Cc2ccccc2)cc1[N+](=O)[O-].Cl. The molecule has 0 aliphatic heterocycles. The van der Waals surface area contributed by atoms with Gasteiger partial charge in [-0.2, -0.15) is 4.31 Å². The second-order valence-electron chi connectivity index (χ2n) is 5.56. The van der Waals surface area contributed by atoms with Crippen molar-refractivity contribution in [2.75, 3.05) is 20.2 Å². The molecule has 0 unspecified atom stereocenters. The van der Waals surface area contributed by atoms with E-state index in [9.17, 15) is 18.5 Å². The summed E-state index contributed by atoms with van der Waals surface area (Å²) in [5.41, 5.74) is 5.95. The minimum atomic E-state index is -3.93. The predicted molar refractivity (Wildman–Crippen MR) is 105 cm³/mol. The molecule has 0 aliphatic rings. The zero-order valence-corrected chi connectivity index (χ0v) is 16.4. The van der Waals surface area contributed by atoms with E-state index in [2.05, 4.69) is 0 Å². The van der Waals surface area contributed by atoms with Crippen LogP contribution in [0.5, 0.6) is 5.75 Å². The number of rotatable bonds is 9. The van der Waals surface area contributed by atoms with Gasteiger partial charge in [0.05, 0.1) is 16.9 Å². The average Bonchev–Trinajstić information content (AvgIpc) is 2.65. The van der Waals surface area contributed by atoms with Gasteiger partial charge in [0.1, 0.15) is 0 Å². The Labute approximate surface area is 164 Å². The van der Waals surface area contributed by atoms with Gasteiger partial charge in [0.2, 0.25) is 10.0 Å². The summed E-state index contributed by atoms with van der Waals surface area (Å²) >= 11 is 0. The fourth-order valence-corrected chi connectivity index (χ4v) is 3.95. The van der Waals surface area contributed by atoms with Crippen LogP contribution in [0.15, 0.2) is 53.4 Å². The summed E-state index contributed by atoms with van der Waals surface area (Å²) in [6.07, 6.45) is 0.476. The Kier molecular flexibility index (Phi) is 8.64. The highest BCUT2D eigenvalue weighted by Crippen LogP contribution is 2.31. The fourth-order valence-electron chi connectivity index (χ4n) is 2.46. The molecule has 0 saturated carbocycles. The molecule has 10 heteroatoms. The fraction of sp³-hybridized carbons (Fsp3) is 0.294. The van der Waals surface area contributed by atoms with Crippen molar-refractivity contribution in [2.24, 2.45) is 5.73 Å². The van der Waals surface area contributed by atoms with Crippen LogP contribution >= 0.6 is 12.4 Å². The number of sulfonamides is 1. The number of nitrogens with two attached hydrogens (primary N) is 1. The Hall–Kier alpha value is -2.20. The zero-order valence-electron chi connectivity index (χ0n) is 14.8. The first-order valence-electron chi connectivity index (χ1n) is 7.96. The van der Waals surface area contributed by atoms with Crippen molar-refractivity contribution in [3.63, 3.8) is 0 Å². The van der Waals surface area contributed by atoms with Gasteiger partial charge in [-0.3, -0.25) is 10.1 Å². The topological polar surface area (TPSA) is 116 Å². The second kappa shape index (κ2) is 10.2. The van der Waals surface area contributed by atoms with E-state index in [-0.39, 0.29) is 36.1 Å². The van der Waals surface area contributed by atoms with Gasteiger partial charge in [0.25, 0.3) is 0 Å². The van der Waals surface area contributed by atoms with Gasteiger partial charge in [-0.15, -0.1) is 12.4 Å². The molecule has 0 saturated heterocycles. The summed E-state index contributed by atoms with van der Waals surface area (Å²) < 4.78 is 32.3. The largest absolute Gasteiger partial charge is 0.490 e. The molecule has 0 radical (unpaired) electrons. The molecular weight excluding hydrogens is 394 g/mol. The maximum atomic E-state index is 13.0. The lowest BCUT2D eigenvalue weighted by molar-refractivity contribution is -0.386. The van der Waals surface area contributed by atoms with Crippen LogP contribution in [-0.4, -0.2) is 37.8 Å². The minimum Gasteiger partial charge on any atom is -0.490 e. The van der Waals surface area contributed by atoms with Crippen LogP contribution in [0.2, 0.25) is 0 Å². The molecule has 2 N–H and O–H groups in total. The van der Waals surface area contributed by atoms with Crippen LogP contribution in [0, 0.1) is 10.1 Å². The Morgan fingerprint density at radius 2 is 1.85 bits per heavy atom. The van der Waals surface area contributed by atoms with Crippen LogP contribution in [0.25, 0.3) is 0 Å². The van der Waals surface area contributed by atoms with Crippen molar-refractivity contribution >= 4 is 28.1 Å². The Bertz CT molecular complexity index is 862. The molecule has 0 aliphatic carbocycles. The summed E-state index contributed by atoms with van der Waals surface area (Å²) in [6.45, 7) is 0.708. The number of hydrogen-bond acceptors (Lipinski definition) is 6. The van der Waals surface area contributed by atoms with E-state index in [0.717, 1.165) is 11.6 Å². The van der Waals surface area contributed by atoms with Gasteiger partial charge in [0.15, 0.2) is 5.75 Å². The molecule has 0 atom stereocenters. The zero-order chi connectivity index (χ0) is 19.2. The van der Waals surface area contributed by atoms with Gasteiger partial charge in [-0.05, 0) is 30.7 Å². The highest BCUT2D eigenvalue weighted by Gasteiger charge is 2.27. The van der Waals surface area contributed by atoms with E-state index in [1.165, 1.54) is 23.5 Å². The molecule has 0 bridgehead atoms. The summed E-state index contributed by atoms with van der Waals surface area (Å²) in [5, 5.41) is 11.2. The third kappa shape index (κ3) is 5.64. The van der Waals surface area contributed by atoms with Gasteiger partial charge < -0.3 is 10.5 Å². The molecule has 148 valence electrons. The molecule has 2 aromatic rings. The number of halogens is 1. The van der Waals surface area contributed by atoms with Crippen LogP contribution in [0.3, 0.4) is 0 Å². The molecule has 0 amide bonds. The molecular formula is C17H22ClN3O5S. The Morgan fingerprint density at radius 1 is 1.19 bits per heavy atom. The summed E-state index contributed by atoms with van der Waals surface area (Å²) in [5.74, 6) is 0.00511. The van der Waals surface area contributed by atoms with Crippen molar-refractivity contribution in [3.05, 3.63) is 64.2 Å². The smallest absolute Gasteiger partial charge is 0.312 e.